The van der Waals surface area contributed by atoms with E-state index >= 15 is 0 Å². The van der Waals surface area contributed by atoms with Gasteiger partial charge in [-0.3, -0.25) is 24.1 Å². The zero-order chi connectivity index (χ0) is 21.3. The van der Waals surface area contributed by atoms with Crippen molar-refractivity contribution in [3.05, 3.63) is 24.3 Å². The van der Waals surface area contributed by atoms with Gasteiger partial charge in [0.05, 0.1) is 17.5 Å². The molecule has 2 fully saturated rings. The van der Waals surface area contributed by atoms with Gasteiger partial charge < -0.3 is 9.64 Å². The number of para-hydroxylation sites is 1. The summed E-state index contributed by atoms with van der Waals surface area (Å²) in [7, 11) is 0. The predicted molar refractivity (Wildman–Crippen MR) is 112 cm³/mol. The molecule has 4 rings (SSSR count). The van der Waals surface area contributed by atoms with E-state index in [0.717, 1.165) is 34.7 Å². The number of nitrogens with zero attached hydrogens (tertiary/aromatic N) is 2. The molecule has 3 amide bonds. The number of hydrogen-bond donors (Lipinski definition) is 0. The molecule has 0 aromatic heterocycles. The summed E-state index contributed by atoms with van der Waals surface area (Å²) < 4.78 is 5.17. The lowest BCUT2D eigenvalue weighted by Crippen LogP contribution is -2.39. The molecule has 0 spiro atoms. The number of esters is 1. The Morgan fingerprint density at radius 2 is 1.73 bits per heavy atom. The lowest BCUT2D eigenvalue weighted by Gasteiger charge is -2.22. The average Bonchev–Trinajstić information content (AvgIpc) is 2.88. The van der Waals surface area contributed by atoms with E-state index < -0.39 is 19.1 Å². The molecule has 1 saturated heterocycles. The number of carbonyl (C=O) groups is 4. The van der Waals surface area contributed by atoms with Gasteiger partial charge in [0.25, 0.3) is 5.91 Å². The van der Waals surface area contributed by atoms with Crippen molar-refractivity contribution in [1.82, 2.24) is 4.90 Å². The number of imide groups is 1. The maximum atomic E-state index is 12.8. The highest BCUT2D eigenvalue weighted by molar-refractivity contribution is 8.00. The van der Waals surface area contributed by atoms with Gasteiger partial charge in [-0.15, -0.1) is 11.8 Å². The Kier molecular flexibility index (Phi) is 6.13. The van der Waals surface area contributed by atoms with Gasteiger partial charge in [0.2, 0.25) is 11.8 Å². The molecular weight excluding hydrogens is 404 g/mol. The minimum absolute atomic E-state index is 0.277. The Hall–Kier alpha value is -2.35. The number of benzene rings is 1. The minimum atomic E-state index is -0.727. The van der Waals surface area contributed by atoms with Gasteiger partial charge in [-0.25, -0.2) is 0 Å². The summed E-state index contributed by atoms with van der Waals surface area (Å²) in [4.78, 5) is 53.8. The van der Waals surface area contributed by atoms with E-state index in [1.807, 2.05) is 24.3 Å². The second-order valence-corrected chi connectivity index (χ2v) is 9.63. The maximum Gasteiger partial charge on any atom is 0.326 e. The van der Waals surface area contributed by atoms with Gasteiger partial charge in [0, 0.05) is 16.7 Å². The number of ether oxygens (including phenoxy) is 1. The highest BCUT2D eigenvalue weighted by Gasteiger charge is 2.48. The first-order valence-electron chi connectivity index (χ1n) is 10.5. The molecule has 1 saturated carbocycles. The number of carbonyl (C=O) groups excluding carboxylic acids is 4. The molecule has 1 aromatic carbocycles. The molecule has 30 heavy (non-hydrogen) atoms. The average molecular weight is 431 g/mol. The smallest absolute Gasteiger partial charge is 0.326 e. The van der Waals surface area contributed by atoms with Crippen LogP contribution in [0.3, 0.4) is 0 Å². The first-order valence-corrected chi connectivity index (χ1v) is 11.4. The van der Waals surface area contributed by atoms with E-state index in [9.17, 15) is 19.2 Å². The minimum Gasteiger partial charge on any atom is -0.454 e. The van der Waals surface area contributed by atoms with E-state index in [4.69, 9.17) is 4.74 Å². The van der Waals surface area contributed by atoms with Crippen LogP contribution in [0.25, 0.3) is 0 Å². The fourth-order valence-corrected chi connectivity index (χ4v) is 5.64. The number of anilines is 1. The van der Waals surface area contributed by atoms with E-state index in [-0.39, 0.29) is 29.6 Å². The lowest BCUT2D eigenvalue weighted by molar-refractivity contribution is -0.154. The molecule has 8 heteroatoms. The summed E-state index contributed by atoms with van der Waals surface area (Å²) in [6, 6.07) is 7.70. The number of likely N-dealkylation sites (tertiary alicyclic amines) is 1. The van der Waals surface area contributed by atoms with Crippen LogP contribution in [-0.2, 0) is 23.9 Å². The zero-order valence-electron chi connectivity index (χ0n) is 17.0. The number of hydrogen-bond acceptors (Lipinski definition) is 6. The van der Waals surface area contributed by atoms with Crippen LogP contribution in [0.4, 0.5) is 5.69 Å². The lowest BCUT2D eigenvalue weighted by atomic mass is 9.81. The zero-order valence-corrected chi connectivity index (χ0v) is 17.9. The van der Waals surface area contributed by atoms with Crippen LogP contribution in [-0.4, -0.2) is 53.5 Å². The predicted octanol–water partition coefficient (Wildman–Crippen LogP) is 2.62. The van der Waals surface area contributed by atoms with Crippen molar-refractivity contribution in [3.63, 3.8) is 0 Å². The Morgan fingerprint density at radius 3 is 2.43 bits per heavy atom. The Labute approximate surface area is 180 Å². The third-order valence-electron chi connectivity index (χ3n) is 6.12. The van der Waals surface area contributed by atoms with Crippen LogP contribution in [0.5, 0.6) is 0 Å². The molecule has 3 aliphatic rings. The van der Waals surface area contributed by atoms with Gasteiger partial charge in [-0.2, -0.15) is 0 Å². The standard InChI is InChI=1S/C22H26N2O5S/c1-14-10-11-23(17-8-4-5-9-18(17)30-14)19(25)13-29-20(26)12-24-21(27)15-6-2-3-7-16(15)22(24)28/h4-5,8-9,14-16H,2-3,6-7,10-13H2,1H3. The molecule has 2 aliphatic heterocycles. The molecule has 3 atom stereocenters. The molecule has 160 valence electrons. The van der Waals surface area contributed by atoms with E-state index in [1.165, 1.54) is 0 Å². The molecular formula is C22H26N2O5S. The largest absolute Gasteiger partial charge is 0.454 e. The molecule has 0 N–H and O–H groups in total. The Bertz CT molecular complexity index is 849. The topological polar surface area (TPSA) is 84.0 Å². The monoisotopic (exact) mass is 430 g/mol. The van der Waals surface area contributed by atoms with Crippen molar-refractivity contribution < 1.29 is 23.9 Å². The first kappa shape index (κ1) is 20.9. The molecule has 7 nitrogen and oxygen atoms in total. The highest BCUT2D eigenvalue weighted by Crippen LogP contribution is 2.38. The molecule has 2 heterocycles. The van der Waals surface area contributed by atoms with Crippen LogP contribution in [0.15, 0.2) is 29.2 Å². The second kappa shape index (κ2) is 8.79. The van der Waals surface area contributed by atoms with Crippen LogP contribution in [0.1, 0.15) is 39.0 Å². The van der Waals surface area contributed by atoms with Gasteiger partial charge >= 0.3 is 5.97 Å². The van der Waals surface area contributed by atoms with Crippen LogP contribution in [0, 0.1) is 11.8 Å². The summed E-state index contributed by atoms with van der Waals surface area (Å²) in [5, 5.41) is 0.377. The summed E-state index contributed by atoms with van der Waals surface area (Å²) in [5.74, 6) is -2.18. The molecule has 0 bridgehead atoms. The summed E-state index contributed by atoms with van der Waals surface area (Å²) >= 11 is 1.73. The third kappa shape index (κ3) is 4.10. The summed E-state index contributed by atoms with van der Waals surface area (Å²) in [6.07, 6.45) is 4.09. The number of fused-ring (bicyclic) bond motifs is 2. The van der Waals surface area contributed by atoms with E-state index in [1.54, 1.807) is 16.7 Å². The first-order chi connectivity index (χ1) is 14.5. The fraction of sp³-hybridized carbons (Fsp3) is 0.545. The van der Waals surface area contributed by atoms with E-state index in [2.05, 4.69) is 6.92 Å². The van der Waals surface area contributed by atoms with Gasteiger partial charge in [-0.05, 0) is 31.4 Å². The quantitative estimate of drug-likeness (QED) is 0.539. The molecule has 0 radical (unpaired) electrons. The van der Waals surface area contributed by atoms with Crippen LogP contribution in [0.2, 0.25) is 0 Å². The third-order valence-corrected chi connectivity index (χ3v) is 7.36. The molecule has 1 aliphatic carbocycles. The normalized spacial score (nSPS) is 26.1. The van der Waals surface area contributed by atoms with Crippen molar-refractivity contribution in [3.8, 4) is 0 Å². The Balaban J connectivity index is 1.36. The second-order valence-electron chi connectivity index (χ2n) is 8.15. The van der Waals surface area contributed by atoms with Gasteiger partial charge in [-0.1, -0.05) is 31.9 Å². The van der Waals surface area contributed by atoms with Crippen LogP contribution >= 0.6 is 11.8 Å². The number of thioether (sulfide) groups is 1. The molecule has 1 aromatic rings. The number of amides is 3. The van der Waals surface area contributed by atoms with Crippen LogP contribution < -0.4 is 4.90 Å². The number of rotatable bonds is 4. The van der Waals surface area contributed by atoms with Crippen molar-refractivity contribution in [2.75, 3.05) is 24.6 Å². The van der Waals surface area contributed by atoms with Gasteiger partial charge in [0.1, 0.15) is 6.54 Å². The van der Waals surface area contributed by atoms with Gasteiger partial charge in [0.15, 0.2) is 6.61 Å². The Morgan fingerprint density at radius 1 is 1.07 bits per heavy atom. The fourth-order valence-electron chi connectivity index (χ4n) is 4.53. The summed E-state index contributed by atoms with van der Waals surface area (Å²) in [6.45, 7) is 1.85. The van der Waals surface area contributed by atoms with Crippen molar-refractivity contribution >= 4 is 41.1 Å². The highest BCUT2D eigenvalue weighted by atomic mass is 32.2. The molecule has 3 unspecified atom stereocenters. The van der Waals surface area contributed by atoms with Crippen molar-refractivity contribution in [2.45, 2.75) is 49.2 Å². The SMILES string of the molecule is CC1CCN(C(=O)COC(=O)CN2C(=O)C3CCCCC3C2=O)c2ccccc2S1. The summed E-state index contributed by atoms with van der Waals surface area (Å²) in [5.41, 5.74) is 0.821. The maximum absolute atomic E-state index is 12.8. The van der Waals surface area contributed by atoms with Crippen molar-refractivity contribution in [2.24, 2.45) is 11.8 Å². The van der Waals surface area contributed by atoms with E-state index in [0.29, 0.717) is 24.6 Å². The van der Waals surface area contributed by atoms with Crippen molar-refractivity contribution in [1.29, 1.82) is 0 Å².